The van der Waals surface area contributed by atoms with Gasteiger partial charge in [0.15, 0.2) is 0 Å². The summed E-state index contributed by atoms with van der Waals surface area (Å²) < 4.78 is 10.3. The second kappa shape index (κ2) is 4.51. The quantitative estimate of drug-likeness (QED) is 0.678. The van der Waals surface area contributed by atoms with Crippen molar-refractivity contribution >= 4 is 0 Å². The number of para-hydroxylation sites is 1. The monoisotopic (exact) mass is 190 g/mol. The van der Waals surface area contributed by atoms with E-state index in [1.165, 1.54) is 6.26 Å². The largest absolute Gasteiger partial charge is 0.435 e. The number of hydrogen-bond donors (Lipinski definition) is 0. The predicted octanol–water partition coefficient (Wildman–Crippen LogP) is 3.31. The van der Waals surface area contributed by atoms with Gasteiger partial charge in [0.05, 0.1) is 6.26 Å². The second-order valence-corrected chi connectivity index (χ2v) is 2.98. The minimum absolute atomic E-state index is 0.234. The molecule has 0 unspecified atom stereocenters. The first-order chi connectivity index (χ1) is 6.65. The van der Waals surface area contributed by atoms with Crippen LogP contribution >= 0.6 is 0 Å². The maximum atomic E-state index is 5.43. The van der Waals surface area contributed by atoms with Gasteiger partial charge in [-0.15, -0.1) is 0 Å². The van der Waals surface area contributed by atoms with E-state index < -0.39 is 0 Å². The minimum atomic E-state index is 0.234. The highest BCUT2D eigenvalue weighted by Crippen LogP contribution is 2.24. The summed E-state index contributed by atoms with van der Waals surface area (Å²) in [6, 6.07) is 5.93. The molecule has 0 saturated carbocycles. The molecule has 0 aliphatic heterocycles. The lowest BCUT2D eigenvalue weighted by Gasteiger charge is -2.11. The minimum Gasteiger partial charge on any atom is -0.435 e. The average molecular weight is 190 g/mol. The van der Waals surface area contributed by atoms with Crippen LogP contribution in [-0.4, -0.2) is 0 Å². The maximum absolute atomic E-state index is 5.43. The molecule has 1 rings (SSSR count). The summed E-state index contributed by atoms with van der Waals surface area (Å²) in [5, 5.41) is 0. The van der Waals surface area contributed by atoms with Gasteiger partial charge in [0.2, 0.25) is 0 Å². The zero-order valence-corrected chi connectivity index (χ0v) is 8.54. The predicted molar refractivity (Wildman–Crippen MR) is 57.0 cm³/mol. The van der Waals surface area contributed by atoms with E-state index in [1.54, 1.807) is 0 Å². The van der Waals surface area contributed by atoms with Crippen LogP contribution in [0.2, 0.25) is 0 Å². The molecule has 0 amide bonds. The molecule has 0 fully saturated rings. The van der Waals surface area contributed by atoms with Gasteiger partial charge in [0, 0.05) is 0 Å². The Hall–Kier alpha value is -1.70. The molecule has 0 aliphatic carbocycles. The fourth-order valence-corrected chi connectivity index (χ4v) is 1.19. The molecule has 0 atom stereocenters. The molecule has 0 bridgehead atoms. The Labute approximate surface area is 84.5 Å². The van der Waals surface area contributed by atoms with Crippen LogP contribution in [0, 0.1) is 13.8 Å². The van der Waals surface area contributed by atoms with E-state index in [-0.39, 0.29) is 5.95 Å². The molecular formula is C12H14O2. The fraction of sp³-hybridized carbons (Fsp3) is 0.167. The van der Waals surface area contributed by atoms with Gasteiger partial charge in [0.1, 0.15) is 5.75 Å². The molecule has 2 nitrogen and oxygen atoms in total. The smallest absolute Gasteiger partial charge is 0.282 e. The lowest BCUT2D eigenvalue weighted by molar-refractivity contribution is 0.186. The Balaban J connectivity index is 2.85. The summed E-state index contributed by atoms with van der Waals surface area (Å²) in [6.07, 6.45) is 1.29. The molecule has 1 aromatic carbocycles. The van der Waals surface area contributed by atoms with Gasteiger partial charge in [0.25, 0.3) is 5.95 Å². The standard InChI is InChI=1S/C12H14O2/c1-5-13-11(4)14-12-9(2)7-6-8-10(12)3/h5-8H,1,4H2,2-3H3. The molecule has 0 radical (unpaired) electrons. The summed E-state index contributed by atoms with van der Waals surface area (Å²) in [5.41, 5.74) is 2.11. The van der Waals surface area contributed by atoms with Crippen molar-refractivity contribution in [1.29, 1.82) is 0 Å². The van der Waals surface area contributed by atoms with E-state index in [2.05, 4.69) is 13.2 Å². The lowest BCUT2D eigenvalue weighted by Crippen LogP contribution is -1.98. The lowest BCUT2D eigenvalue weighted by atomic mass is 10.1. The number of rotatable bonds is 4. The van der Waals surface area contributed by atoms with E-state index in [4.69, 9.17) is 9.47 Å². The van der Waals surface area contributed by atoms with Crippen molar-refractivity contribution in [1.82, 2.24) is 0 Å². The van der Waals surface area contributed by atoms with Gasteiger partial charge in [-0.3, -0.25) is 0 Å². The third-order valence-corrected chi connectivity index (χ3v) is 1.84. The zero-order chi connectivity index (χ0) is 10.6. The molecule has 0 spiro atoms. The number of aryl methyl sites for hydroxylation is 2. The first-order valence-corrected chi connectivity index (χ1v) is 4.35. The molecule has 0 N–H and O–H groups in total. The van der Waals surface area contributed by atoms with Gasteiger partial charge in [-0.05, 0) is 31.6 Å². The van der Waals surface area contributed by atoms with Crippen LogP contribution in [0.3, 0.4) is 0 Å². The van der Waals surface area contributed by atoms with Gasteiger partial charge < -0.3 is 9.47 Å². The Morgan fingerprint density at radius 2 is 1.86 bits per heavy atom. The van der Waals surface area contributed by atoms with Gasteiger partial charge in [-0.1, -0.05) is 24.8 Å². The fourth-order valence-electron chi connectivity index (χ4n) is 1.19. The number of hydrogen-bond acceptors (Lipinski definition) is 2. The average Bonchev–Trinajstić information content (AvgIpc) is 2.12. The first kappa shape index (κ1) is 10.4. The van der Waals surface area contributed by atoms with Crippen molar-refractivity contribution in [3.05, 3.63) is 54.7 Å². The topological polar surface area (TPSA) is 18.5 Å². The van der Waals surface area contributed by atoms with E-state index in [1.807, 2.05) is 32.0 Å². The third-order valence-electron chi connectivity index (χ3n) is 1.84. The molecule has 1 aromatic rings. The van der Waals surface area contributed by atoms with Crippen molar-refractivity contribution in [3.8, 4) is 5.75 Å². The van der Waals surface area contributed by atoms with Gasteiger partial charge >= 0.3 is 0 Å². The highest BCUT2D eigenvalue weighted by atomic mass is 16.7. The summed E-state index contributed by atoms with van der Waals surface area (Å²) >= 11 is 0. The van der Waals surface area contributed by atoms with E-state index in [0.717, 1.165) is 16.9 Å². The molecule has 14 heavy (non-hydrogen) atoms. The SMILES string of the molecule is C=COC(=C)Oc1c(C)cccc1C. The molecule has 74 valence electrons. The molecular weight excluding hydrogens is 176 g/mol. The van der Waals surface area contributed by atoms with Crippen molar-refractivity contribution in [3.63, 3.8) is 0 Å². The van der Waals surface area contributed by atoms with Gasteiger partial charge in [-0.25, -0.2) is 0 Å². The first-order valence-electron chi connectivity index (χ1n) is 4.35. The highest BCUT2D eigenvalue weighted by Gasteiger charge is 2.04. The van der Waals surface area contributed by atoms with E-state index >= 15 is 0 Å². The molecule has 0 saturated heterocycles. The third kappa shape index (κ3) is 2.39. The second-order valence-electron chi connectivity index (χ2n) is 2.98. The summed E-state index contributed by atoms with van der Waals surface area (Å²) in [4.78, 5) is 0. The zero-order valence-electron chi connectivity index (χ0n) is 8.54. The van der Waals surface area contributed by atoms with Crippen molar-refractivity contribution in [2.24, 2.45) is 0 Å². The number of ether oxygens (including phenoxy) is 2. The Morgan fingerprint density at radius 3 is 2.36 bits per heavy atom. The maximum Gasteiger partial charge on any atom is 0.282 e. The Morgan fingerprint density at radius 1 is 1.29 bits per heavy atom. The molecule has 0 aliphatic rings. The number of benzene rings is 1. The molecule has 0 heterocycles. The van der Waals surface area contributed by atoms with Crippen LogP contribution in [-0.2, 0) is 4.74 Å². The van der Waals surface area contributed by atoms with E-state index in [9.17, 15) is 0 Å². The van der Waals surface area contributed by atoms with Crippen molar-refractivity contribution < 1.29 is 9.47 Å². The van der Waals surface area contributed by atoms with Crippen molar-refractivity contribution in [2.45, 2.75) is 13.8 Å². The van der Waals surface area contributed by atoms with Crippen LogP contribution in [0.4, 0.5) is 0 Å². The van der Waals surface area contributed by atoms with E-state index in [0.29, 0.717) is 0 Å². The molecule has 2 heteroatoms. The normalized spacial score (nSPS) is 9.29. The van der Waals surface area contributed by atoms with Crippen molar-refractivity contribution in [2.75, 3.05) is 0 Å². The summed E-state index contributed by atoms with van der Waals surface area (Å²) in [7, 11) is 0. The summed E-state index contributed by atoms with van der Waals surface area (Å²) in [5.74, 6) is 1.02. The summed E-state index contributed by atoms with van der Waals surface area (Å²) in [6.45, 7) is 11.0. The molecule has 0 aromatic heterocycles. The Kier molecular flexibility index (Phi) is 3.35. The van der Waals surface area contributed by atoms with Crippen LogP contribution in [0.15, 0.2) is 43.6 Å². The van der Waals surface area contributed by atoms with Gasteiger partial charge in [-0.2, -0.15) is 0 Å². The van der Waals surface area contributed by atoms with Crippen LogP contribution in [0.25, 0.3) is 0 Å². The Bertz CT molecular complexity index is 333. The van der Waals surface area contributed by atoms with Crippen LogP contribution < -0.4 is 4.74 Å². The van der Waals surface area contributed by atoms with Crippen LogP contribution in [0.5, 0.6) is 5.75 Å². The van der Waals surface area contributed by atoms with Crippen LogP contribution in [0.1, 0.15) is 11.1 Å². The highest BCUT2D eigenvalue weighted by molar-refractivity contribution is 5.40.